The Kier molecular flexibility index (Phi) is 7.79. The summed E-state index contributed by atoms with van der Waals surface area (Å²) < 4.78 is 44.0. The van der Waals surface area contributed by atoms with E-state index in [0.717, 1.165) is 19.4 Å². The van der Waals surface area contributed by atoms with Crippen molar-refractivity contribution in [2.75, 3.05) is 0 Å². The molecule has 0 spiro atoms. The van der Waals surface area contributed by atoms with E-state index >= 15 is 0 Å². The lowest BCUT2D eigenvalue weighted by Crippen LogP contribution is -2.35. The monoisotopic (exact) mass is 280 g/mol. The second-order valence-corrected chi connectivity index (χ2v) is 4.99. The number of alkyl halides is 3. The van der Waals surface area contributed by atoms with Crippen molar-refractivity contribution in [3.8, 4) is 0 Å². The van der Waals surface area contributed by atoms with Gasteiger partial charge in [-0.2, -0.15) is 13.2 Å². The number of hydrogen-bond acceptors (Lipinski definition) is 2. The van der Waals surface area contributed by atoms with Crippen LogP contribution in [0.2, 0.25) is 0 Å². The number of ether oxygens (including phenoxy) is 1. The van der Waals surface area contributed by atoms with Gasteiger partial charge in [-0.05, 0) is 12.3 Å². The SMILES string of the molecule is CCCC[C@H](OC(C)=O)[C@H](/C=C\C(C)C)C(F)(F)F. The van der Waals surface area contributed by atoms with Crippen molar-refractivity contribution in [2.45, 2.75) is 59.2 Å². The quantitative estimate of drug-likeness (QED) is 0.507. The smallest absolute Gasteiger partial charge is 0.398 e. The van der Waals surface area contributed by atoms with Gasteiger partial charge in [0.25, 0.3) is 0 Å². The molecule has 0 saturated heterocycles. The van der Waals surface area contributed by atoms with Crippen molar-refractivity contribution in [1.82, 2.24) is 0 Å². The zero-order valence-electron chi connectivity index (χ0n) is 12.0. The van der Waals surface area contributed by atoms with Crippen LogP contribution in [0.25, 0.3) is 0 Å². The van der Waals surface area contributed by atoms with Crippen LogP contribution >= 0.6 is 0 Å². The Hall–Kier alpha value is -1.00. The third-order valence-corrected chi connectivity index (χ3v) is 2.64. The number of carbonyl (C=O) groups excluding carboxylic acids is 1. The Bertz CT molecular complexity index is 296. The molecule has 2 nitrogen and oxygen atoms in total. The average molecular weight is 280 g/mol. The second-order valence-electron chi connectivity index (χ2n) is 4.99. The summed E-state index contributed by atoms with van der Waals surface area (Å²) in [5.41, 5.74) is 0. The Morgan fingerprint density at radius 2 is 1.84 bits per heavy atom. The Morgan fingerprint density at radius 3 is 2.21 bits per heavy atom. The number of unbranched alkanes of at least 4 members (excludes halogenated alkanes) is 1. The van der Waals surface area contributed by atoms with Crippen molar-refractivity contribution in [1.29, 1.82) is 0 Å². The summed E-state index contributed by atoms with van der Waals surface area (Å²) >= 11 is 0. The molecule has 0 fully saturated rings. The Balaban J connectivity index is 5.05. The summed E-state index contributed by atoms with van der Waals surface area (Å²) in [7, 11) is 0. The van der Waals surface area contributed by atoms with Crippen LogP contribution in [0.15, 0.2) is 12.2 Å². The van der Waals surface area contributed by atoms with E-state index in [9.17, 15) is 18.0 Å². The van der Waals surface area contributed by atoms with Crippen LogP contribution in [-0.2, 0) is 9.53 Å². The third-order valence-electron chi connectivity index (χ3n) is 2.64. The number of carbonyl (C=O) groups is 1. The Morgan fingerprint density at radius 1 is 1.26 bits per heavy atom. The topological polar surface area (TPSA) is 26.3 Å². The van der Waals surface area contributed by atoms with E-state index in [0.29, 0.717) is 6.42 Å². The molecule has 2 atom stereocenters. The van der Waals surface area contributed by atoms with Crippen LogP contribution in [0.1, 0.15) is 47.0 Å². The molecule has 0 aliphatic carbocycles. The molecule has 0 aliphatic rings. The molecule has 0 heterocycles. The molecule has 0 amide bonds. The first-order valence-corrected chi connectivity index (χ1v) is 6.60. The summed E-state index contributed by atoms with van der Waals surface area (Å²) in [6.45, 7) is 6.63. The molecular weight excluding hydrogens is 257 g/mol. The van der Waals surface area contributed by atoms with Crippen LogP contribution in [0.4, 0.5) is 13.2 Å². The van der Waals surface area contributed by atoms with Gasteiger partial charge in [0.05, 0.1) is 0 Å². The van der Waals surface area contributed by atoms with E-state index in [4.69, 9.17) is 4.74 Å². The fraction of sp³-hybridized carbons (Fsp3) is 0.786. The van der Waals surface area contributed by atoms with Crippen LogP contribution in [0.5, 0.6) is 0 Å². The molecule has 0 bridgehead atoms. The van der Waals surface area contributed by atoms with Gasteiger partial charge in [-0.3, -0.25) is 4.79 Å². The highest BCUT2D eigenvalue weighted by atomic mass is 19.4. The van der Waals surface area contributed by atoms with Crippen LogP contribution < -0.4 is 0 Å². The summed E-state index contributed by atoms with van der Waals surface area (Å²) in [6, 6.07) is 0. The van der Waals surface area contributed by atoms with E-state index in [-0.39, 0.29) is 12.3 Å². The first-order valence-electron chi connectivity index (χ1n) is 6.60. The zero-order chi connectivity index (χ0) is 15.1. The maximum Gasteiger partial charge on any atom is 0.398 e. The molecule has 0 aromatic heterocycles. The van der Waals surface area contributed by atoms with Gasteiger partial charge in [-0.15, -0.1) is 0 Å². The van der Waals surface area contributed by atoms with Gasteiger partial charge in [0.15, 0.2) is 0 Å². The van der Waals surface area contributed by atoms with E-state index < -0.39 is 24.2 Å². The van der Waals surface area contributed by atoms with E-state index in [1.54, 1.807) is 13.8 Å². The minimum Gasteiger partial charge on any atom is -0.462 e. The van der Waals surface area contributed by atoms with Gasteiger partial charge in [-0.25, -0.2) is 0 Å². The highest BCUT2D eigenvalue weighted by Crippen LogP contribution is 2.34. The van der Waals surface area contributed by atoms with Crippen molar-refractivity contribution in [3.63, 3.8) is 0 Å². The first-order chi connectivity index (χ1) is 8.68. The molecule has 0 aliphatic heterocycles. The highest BCUT2D eigenvalue weighted by Gasteiger charge is 2.44. The predicted molar refractivity (Wildman–Crippen MR) is 68.6 cm³/mol. The van der Waals surface area contributed by atoms with E-state index in [1.165, 1.54) is 6.08 Å². The first kappa shape index (κ1) is 18.0. The summed E-state index contributed by atoms with van der Waals surface area (Å²) in [4.78, 5) is 11.0. The summed E-state index contributed by atoms with van der Waals surface area (Å²) in [6.07, 6.45) is -1.33. The standard InChI is InChI=1S/C14H23F3O2/c1-5-6-7-13(19-11(4)18)12(14(15,16)17)9-8-10(2)3/h8-10,12-13H,5-7H2,1-4H3/b9-8-/t12-,13-/m0/s1. The number of hydrogen-bond donors (Lipinski definition) is 0. The normalized spacial score (nSPS) is 15.8. The Labute approximate surface area is 113 Å². The molecule has 19 heavy (non-hydrogen) atoms. The average Bonchev–Trinajstić information content (AvgIpc) is 2.22. The van der Waals surface area contributed by atoms with Crippen LogP contribution in [0, 0.1) is 11.8 Å². The molecule has 0 rings (SSSR count). The number of esters is 1. The third kappa shape index (κ3) is 7.90. The molecule has 0 N–H and O–H groups in total. The maximum absolute atomic E-state index is 13.1. The number of allylic oxidation sites excluding steroid dienone is 1. The summed E-state index contributed by atoms with van der Waals surface area (Å²) in [5, 5.41) is 0. The maximum atomic E-state index is 13.1. The largest absolute Gasteiger partial charge is 0.462 e. The van der Waals surface area contributed by atoms with Crippen LogP contribution in [-0.4, -0.2) is 18.2 Å². The van der Waals surface area contributed by atoms with Gasteiger partial charge in [0, 0.05) is 6.92 Å². The fourth-order valence-electron chi connectivity index (χ4n) is 1.72. The van der Waals surface area contributed by atoms with E-state index in [1.807, 2.05) is 6.92 Å². The predicted octanol–water partition coefficient (Wildman–Crippen LogP) is 4.50. The minimum atomic E-state index is -4.40. The molecule has 5 heteroatoms. The molecule has 0 aromatic rings. The minimum absolute atomic E-state index is 0.0222. The molecule has 0 unspecified atom stereocenters. The van der Waals surface area contributed by atoms with Gasteiger partial charge >= 0.3 is 12.1 Å². The summed E-state index contributed by atoms with van der Waals surface area (Å²) in [5.74, 6) is -2.38. The molecule has 0 saturated carbocycles. The lowest BCUT2D eigenvalue weighted by molar-refractivity contribution is -0.195. The van der Waals surface area contributed by atoms with Crippen LogP contribution in [0.3, 0.4) is 0 Å². The van der Waals surface area contributed by atoms with Gasteiger partial charge in [0.2, 0.25) is 0 Å². The fourth-order valence-corrected chi connectivity index (χ4v) is 1.72. The van der Waals surface area contributed by atoms with E-state index in [2.05, 4.69) is 0 Å². The van der Waals surface area contributed by atoms with Crippen molar-refractivity contribution in [2.24, 2.45) is 11.8 Å². The van der Waals surface area contributed by atoms with Gasteiger partial charge in [-0.1, -0.05) is 45.8 Å². The van der Waals surface area contributed by atoms with Crippen molar-refractivity contribution >= 4 is 5.97 Å². The molecule has 0 aromatic carbocycles. The molecule has 0 radical (unpaired) electrons. The second kappa shape index (κ2) is 8.23. The molecule has 112 valence electrons. The lowest BCUT2D eigenvalue weighted by atomic mass is 9.95. The number of halogens is 3. The van der Waals surface area contributed by atoms with Gasteiger partial charge in [0.1, 0.15) is 12.0 Å². The lowest BCUT2D eigenvalue weighted by Gasteiger charge is -2.26. The zero-order valence-corrected chi connectivity index (χ0v) is 12.0. The highest BCUT2D eigenvalue weighted by molar-refractivity contribution is 5.66. The molecular formula is C14H23F3O2. The number of rotatable bonds is 7. The van der Waals surface area contributed by atoms with Crippen molar-refractivity contribution < 1.29 is 22.7 Å². The van der Waals surface area contributed by atoms with Gasteiger partial charge < -0.3 is 4.74 Å². The van der Waals surface area contributed by atoms with Crippen molar-refractivity contribution in [3.05, 3.63) is 12.2 Å².